The molecule has 1 aliphatic rings. The van der Waals surface area contributed by atoms with Crippen molar-refractivity contribution in [1.82, 2.24) is 4.31 Å². The highest BCUT2D eigenvalue weighted by atomic mass is 32.2. The number of amides is 1. The van der Waals surface area contributed by atoms with E-state index in [9.17, 15) is 18.0 Å². The second-order valence-corrected chi connectivity index (χ2v) is 8.88. The number of ether oxygens (including phenoxy) is 1. The lowest BCUT2D eigenvalue weighted by Crippen LogP contribution is -2.39. The van der Waals surface area contributed by atoms with Crippen molar-refractivity contribution in [3.63, 3.8) is 0 Å². The number of carbonyl (C=O) groups is 2. The van der Waals surface area contributed by atoms with Crippen LogP contribution < -0.4 is 4.90 Å². The molecule has 1 aliphatic heterocycles. The molecule has 2 aromatic rings. The van der Waals surface area contributed by atoms with Crippen molar-refractivity contribution in [3.8, 4) is 0 Å². The first-order chi connectivity index (χ1) is 13.2. The second kappa shape index (κ2) is 7.73. The maximum absolute atomic E-state index is 12.7. The summed E-state index contributed by atoms with van der Waals surface area (Å²) in [5.74, 6) is -1.06. The van der Waals surface area contributed by atoms with Gasteiger partial charge in [0.2, 0.25) is 10.0 Å². The maximum atomic E-state index is 12.7. The third kappa shape index (κ3) is 3.79. The molecule has 0 unspecified atom stereocenters. The number of anilines is 1. The molecule has 3 rings (SSSR count). The van der Waals surface area contributed by atoms with E-state index in [1.807, 2.05) is 24.3 Å². The van der Waals surface area contributed by atoms with Gasteiger partial charge >= 0.3 is 5.97 Å². The van der Waals surface area contributed by atoms with Crippen LogP contribution in [0.1, 0.15) is 22.8 Å². The summed E-state index contributed by atoms with van der Waals surface area (Å²) >= 11 is 0. The molecule has 0 radical (unpaired) electrons. The summed E-state index contributed by atoms with van der Waals surface area (Å²) in [6.45, 7) is 2.05. The molecule has 148 valence electrons. The molecule has 0 aromatic heterocycles. The fourth-order valence-corrected chi connectivity index (χ4v) is 4.01. The van der Waals surface area contributed by atoms with Crippen LogP contribution in [-0.4, -0.2) is 51.3 Å². The Bertz CT molecular complexity index is 1020. The van der Waals surface area contributed by atoms with Gasteiger partial charge in [0, 0.05) is 26.3 Å². The van der Waals surface area contributed by atoms with Crippen LogP contribution in [0.4, 0.5) is 5.69 Å². The molecule has 0 aliphatic carbocycles. The highest BCUT2D eigenvalue weighted by molar-refractivity contribution is 7.89. The number of carbonyl (C=O) groups excluding carboxylic acids is 2. The number of fused-ring (bicyclic) bond motifs is 1. The second-order valence-electron chi connectivity index (χ2n) is 6.73. The zero-order valence-electron chi connectivity index (χ0n) is 16.0. The first-order valence-corrected chi connectivity index (χ1v) is 10.3. The predicted molar refractivity (Wildman–Crippen MR) is 105 cm³/mol. The number of rotatable bonds is 5. The topological polar surface area (TPSA) is 84.0 Å². The third-order valence-corrected chi connectivity index (χ3v) is 6.44. The molecule has 28 heavy (non-hydrogen) atoms. The summed E-state index contributed by atoms with van der Waals surface area (Å²) in [4.78, 5) is 26.8. The lowest BCUT2D eigenvalue weighted by molar-refractivity contribution is -0.126. The number of esters is 1. The Morgan fingerprint density at radius 3 is 2.54 bits per heavy atom. The van der Waals surface area contributed by atoms with Crippen molar-refractivity contribution in [2.24, 2.45) is 0 Å². The summed E-state index contributed by atoms with van der Waals surface area (Å²) in [7, 11) is -0.851. The van der Waals surface area contributed by atoms with Gasteiger partial charge in [-0.05, 0) is 43.2 Å². The summed E-state index contributed by atoms with van der Waals surface area (Å²) in [6.07, 6.45) is -0.236. The summed E-state index contributed by atoms with van der Waals surface area (Å²) in [5.41, 5.74) is 1.98. The fourth-order valence-electron chi connectivity index (χ4n) is 3.06. The van der Waals surface area contributed by atoms with Crippen molar-refractivity contribution in [1.29, 1.82) is 0 Å². The van der Waals surface area contributed by atoms with Gasteiger partial charge in [-0.1, -0.05) is 24.3 Å². The average molecular weight is 402 g/mol. The largest absolute Gasteiger partial charge is 0.449 e. The van der Waals surface area contributed by atoms with Gasteiger partial charge < -0.3 is 9.64 Å². The van der Waals surface area contributed by atoms with Crippen LogP contribution in [0.15, 0.2) is 53.4 Å². The van der Waals surface area contributed by atoms with Crippen LogP contribution in [-0.2, 0) is 26.0 Å². The fraction of sp³-hybridized carbons (Fsp3) is 0.300. The highest BCUT2D eigenvalue weighted by Gasteiger charge is 2.30. The van der Waals surface area contributed by atoms with Crippen LogP contribution in [0, 0.1) is 0 Å². The normalized spacial score (nSPS) is 14.6. The number of hydrogen-bond acceptors (Lipinski definition) is 5. The maximum Gasteiger partial charge on any atom is 0.338 e. The SMILES string of the molecule is C[C@@H](OC(=O)c1cccc(S(=O)(=O)N(C)C)c1)C(=O)N1CCc2ccccc21. The van der Waals surface area contributed by atoms with Crippen molar-refractivity contribution >= 4 is 27.6 Å². The standard InChI is InChI=1S/C20H22N2O5S/c1-14(19(23)22-12-11-15-7-4-5-10-18(15)22)27-20(24)16-8-6-9-17(13-16)28(25,26)21(2)3/h4-10,13-14H,11-12H2,1-3H3/t14-/m1/s1. The average Bonchev–Trinajstić information content (AvgIpc) is 3.11. The van der Waals surface area contributed by atoms with Crippen molar-refractivity contribution in [2.75, 3.05) is 25.5 Å². The molecule has 1 heterocycles. The van der Waals surface area contributed by atoms with Crippen molar-refractivity contribution in [2.45, 2.75) is 24.3 Å². The van der Waals surface area contributed by atoms with E-state index in [-0.39, 0.29) is 16.4 Å². The van der Waals surface area contributed by atoms with E-state index in [1.165, 1.54) is 45.3 Å². The molecular weight excluding hydrogens is 380 g/mol. The molecular formula is C20H22N2O5S. The Morgan fingerprint density at radius 1 is 1.11 bits per heavy atom. The van der Waals surface area contributed by atoms with Gasteiger partial charge in [0.05, 0.1) is 10.5 Å². The molecule has 0 bridgehead atoms. The van der Waals surface area contributed by atoms with Gasteiger partial charge in [-0.2, -0.15) is 0 Å². The lowest BCUT2D eigenvalue weighted by atomic mass is 10.2. The smallest absolute Gasteiger partial charge is 0.338 e. The quantitative estimate of drug-likeness (QED) is 0.715. The van der Waals surface area contributed by atoms with E-state index in [0.29, 0.717) is 6.54 Å². The lowest BCUT2D eigenvalue weighted by Gasteiger charge is -2.21. The monoisotopic (exact) mass is 402 g/mol. The molecule has 0 saturated carbocycles. The Hall–Kier alpha value is -2.71. The van der Waals surface area contributed by atoms with Crippen molar-refractivity contribution in [3.05, 3.63) is 59.7 Å². The van der Waals surface area contributed by atoms with E-state index in [1.54, 1.807) is 4.90 Å². The molecule has 7 nitrogen and oxygen atoms in total. The number of benzene rings is 2. The van der Waals surface area contributed by atoms with Gasteiger partial charge in [-0.15, -0.1) is 0 Å². The minimum atomic E-state index is -3.67. The first kappa shape index (κ1) is 20.0. The predicted octanol–water partition coefficient (Wildman–Crippen LogP) is 2.07. The molecule has 0 saturated heterocycles. The van der Waals surface area contributed by atoms with Crippen LogP contribution in [0.2, 0.25) is 0 Å². The molecule has 8 heteroatoms. The van der Waals surface area contributed by atoms with E-state index in [0.717, 1.165) is 22.0 Å². The Balaban J connectivity index is 1.74. The molecule has 1 atom stereocenters. The number of sulfonamides is 1. The highest BCUT2D eigenvalue weighted by Crippen LogP contribution is 2.28. The molecule has 1 amide bonds. The number of hydrogen-bond donors (Lipinski definition) is 0. The Labute approximate surface area is 164 Å². The first-order valence-electron chi connectivity index (χ1n) is 8.84. The van der Waals surface area contributed by atoms with E-state index in [2.05, 4.69) is 0 Å². The Kier molecular flexibility index (Phi) is 5.53. The third-order valence-electron chi connectivity index (χ3n) is 4.63. The summed E-state index contributed by atoms with van der Waals surface area (Å²) in [5, 5.41) is 0. The van der Waals surface area contributed by atoms with Crippen LogP contribution >= 0.6 is 0 Å². The van der Waals surface area contributed by atoms with Crippen LogP contribution in [0.3, 0.4) is 0 Å². The minimum absolute atomic E-state index is 0.0144. The zero-order chi connectivity index (χ0) is 20.5. The summed E-state index contributed by atoms with van der Waals surface area (Å²) < 4.78 is 30.9. The molecule has 0 spiro atoms. The van der Waals surface area contributed by atoms with Crippen LogP contribution in [0.25, 0.3) is 0 Å². The molecule has 2 aromatic carbocycles. The van der Waals surface area contributed by atoms with Gasteiger partial charge in [-0.25, -0.2) is 17.5 Å². The van der Waals surface area contributed by atoms with E-state index < -0.39 is 22.1 Å². The Morgan fingerprint density at radius 2 is 1.82 bits per heavy atom. The molecule has 0 N–H and O–H groups in total. The number of nitrogens with zero attached hydrogens (tertiary/aromatic N) is 2. The molecule has 0 fully saturated rings. The minimum Gasteiger partial charge on any atom is -0.449 e. The van der Waals surface area contributed by atoms with Gasteiger partial charge in [0.1, 0.15) is 0 Å². The van der Waals surface area contributed by atoms with E-state index in [4.69, 9.17) is 4.74 Å². The number of para-hydroxylation sites is 1. The van der Waals surface area contributed by atoms with Gasteiger partial charge in [0.15, 0.2) is 6.10 Å². The van der Waals surface area contributed by atoms with Gasteiger partial charge in [-0.3, -0.25) is 4.79 Å². The van der Waals surface area contributed by atoms with E-state index >= 15 is 0 Å². The summed E-state index contributed by atoms with van der Waals surface area (Å²) in [6, 6.07) is 13.2. The zero-order valence-corrected chi connectivity index (χ0v) is 16.8. The van der Waals surface area contributed by atoms with Gasteiger partial charge in [0.25, 0.3) is 5.91 Å². The van der Waals surface area contributed by atoms with Crippen LogP contribution in [0.5, 0.6) is 0 Å². The van der Waals surface area contributed by atoms with Crippen molar-refractivity contribution < 1.29 is 22.7 Å².